The van der Waals surface area contributed by atoms with E-state index in [2.05, 4.69) is 0 Å². The number of hydrogen-bond acceptors (Lipinski definition) is 5. The Kier molecular flexibility index (Phi) is 4.86. The highest BCUT2D eigenvalue weighted by atomic mass is 35.5. The predicted molar refractivity (Wildman–Crippen MR) is 93.9 cm³/mol. The molecule has 0 fully saturated rings. The molecule has 0 saturated heterocycles. The van der Waals surface area contributed by atoms with E-state index in [4.69, 9.17) is 21.1 Å². The van der Waals surface area contributed by atoms with Crippen molar-refractivity contribution in [3.05, 3.63) is 57.4 Å². The second-order valence-corrected chi connectivity index (χ2v) is 6.49. The minimum atomic E-state index is -0.584. The summed E-state index contributed by atoms with van der Waals surface area (Å²) in [5, 5.41) is 0.497. The molecule has 1 atom stereocenters. The molecule has 2 aliphatic rings. The van der Waals surface area contributed by atoms with Crippen molar-refractivity contribution in [1.29, 1.82) is 0 Å². The molecule has 0 bridgehead atoms. The van der Waals surface area contributed by atoms with Crippen LogP contribution in [0.25, 0.3) is 0 Å². The summed E-state index contributed by atoms with van der Waals surface area (Å²) < 4.78 is 10.6. The lowest BCUT2D eigenvalue weighted by atomic mass is 9.80. The first-order valence-corrected chi connectivity index (χ1v) is 8.61. The fourth-order valence-electron chi connectivity index (χ4n) is 3.26. The number of allylic oxidation sites excluding steroid dienone is 1. The summed E-state index contributed by atoms with van der Waals surface area (Å²) in [4.78, 5) is 27.0. The van der Waals surface area contributed by atoms with Crippen molar-refractivity contribution in [2.75, 3.05) is 20.3 Å². The smallest absolute Gasteiger partial charge is 0.337 e. The van der Waals surface area contributed by atoms with Gasteiger partial charge in [-0.25, -0.2) is 9.59 Å². The number of nitrogens with zero attached hydrogens (tertiary/aromatic N) is 1. The molecule has 3 rings (SSSR count). The summed E-state index contributed by atoms with van der Waals surface area (Å²) in [5.41, 5.74) is 3.10. The summed E-state index contributed by atoms with van der Waals surface area (Å²) >= 11 is 6.39. The third-order valence-electron chi connectivity index (χ3n) is 4.62. The number of cyclic esters (lactones) is 1. The number of benzene rings is 1. The highest BCUT2D eigenvalue weighted by Gasteiger charge is 2.44. The Morgan fingerprint density at radius 3 is 2.80 bits per heavy atom. The van der Waals surface area contributed by atoms with Gasteiger partial charge < -0.3 is 14.4 Å². The van der Waals surface area contributed by atoms with Crippen LogP contribution in [0.2, 0.25) is 5.02 Å². The standard InChI is InChI=1S/C19H20ClNO4/c1-4-9-24-18(22)15-11(2)21(3)14-10-25-19(23)17(14)16(15)12-7-5-6-8-13(12)20/h5-8,16H,4,9-10H2,1-3H3. The molecule has 25 heavy (non-hydrogen) atoms. The maximum Gasteiger partial charge on any atom is 0.337 e. The van der Waals surface area contributed by atoms with Crippen molar-refractivity contribution >= 4 is 23.5 Å². The molecule has 1 aromatic rings. The Bertz CT molecular complexity index is 796. The molecule has 0 aliphatic carbocycles. The lowest BCUT2D eigenvalue weighted by Gasteiger charge is -2.33. The fraction of sp³-hybridized carbons (Fsp3) is 0.368. The van der Waals surface area contributed by atoms with Gasteiger partial charge in [-0.15, -0.1) is 0 Å². The van der Waals surface area contributed by atoms with Crippen LogP contribution in [-0.2, 0) is 19.1 Å². The van der Waals surface area contributed by atoms with Crippen molar-refractivity contribution in [1.82, 2.24) is 4.90 Å². The maximum absolute atomic E-state index is 12.8. The lowest BCUT2D eigenvalue weighted by molar-refractivity contribution is -0.139. The monoisotopic (exact) mass is 361 g/mol. The third-order valence-corrected chi connectivity index (χ3v) is 4.96. The molecule has 2 heterocycles. The minimum absolute atomic E-state index is 0.195. The summed E-state index contributed by atoms with van der Waals surface area (Å²) in [6, 6.07) is 7.23. The first kappa shape index (κ1) is 17.5. The van der Waals surface area contributed by atoms with Crippen LogP contribution in [0.4, 0.5) is 0 Å². The van der Waals surface area contributed by atoms with Gasteiger partial charge in [-0.1, -0.05) is 36.7 Å². The van der Waals surface area contributed by atoms with E-state index < -0.39 is 17.9 Å². The van der Waals surface area contributed by atoms with Crippen LogP contribution in [0.5, 0.6) is 0 Å². The number of carbonyl (C=O) groups excluding carboxylic acids is 2. The van der Waals surface area contributed by atoms with Gasteiger partial charge in [0.05, 0.1) is 29.4 Å². The van der Waals surface area contributed by atoms with E-state index in [-0.39, 0.29) is 6.61 Å². The summed E-state index contributed by atoms with van der Waals surface area (Å²) in [5.74, 6) is -1.43. The number of hydrogen-bond donors (Lipinski definition) is 0. The van der Waals surface area contributed by atoms with E-state index in [1.807, 2.05) is 44.0 Å². The van der Waals surface area contributed by atoms with Crippen molar-refractivity contribution in [3.63, 3.8) is 0 Å². The Balaban J connectivity index is 2.18. The van der Waals surface area contributed by atoms with E-state index >= 15 is 0 Å². The zero-order valence-corrected chi connectivity index (χ0v) is 15.2. The van der Waals surface area contributed by atoms with Crippen molar-refractivity contribution in [2.24, 2.45) is 0 Å². The van der Waals surface area contributed by atoms with Gasteiger partial charge in [0.25, 0.3) is 0 Å². The largest absolute Gasteiger partial charge is 0.462 e. The van der Waals surface area contributed by atoms with Crippen molar-refractivity contribution in [3.8, 4) is 0 Å². The number of ether oxygens (including phenoxy) is 2. The molecular formula is C19H20ClNO4. The van der Waals surface area contributed by atoms with Gasteiger partial charge in [0.2, 0.25) is 0 Å². The molecule has 5 nitrogen and oxygen atoms in total. The van der Waals surface area contributed by atoms with Gasteiger partial charge >= 0.3 is 11.9 Å². The summed E-state index contributed by atoms with van der Waals surface area (Å²) in [6.07, 6.45) is 0.723. The Hall–Kier alpha value is -2.27. The van der Waals surface area contributed by atoms with E-state index in [0.717, 1.165) is 17.8 Å². The van der Waals surface area contributed by atoms with E-state index in [9.17, 15) is 9.59 Å². The first-order chi connectivity index (χ1) is 12.0. The number of halogens is 1. The molecule has 2 aliphatic heterocycles. The molecule has 0 amide bonds. The highest BCUT2D eigenvalue weighted by molar-refractivity contribution is 6.31. The quantitative estimate of drug-likeness (QED) is 0.769. The van der Waals surface area contributed by atoms with Gasteiger partial charge in [-0.05, 0) is 25.0 Å². The molecule has 0 spiro atoms. The van der Waals surface area contributed by atoms with Gasteiger partial charge in [0, 0.05) is 17.8 Å². The molecule has 132 valence electrons. The maximum atomic E-state index is 12.8. The lowest BCUT2D eigenvalue weighted by Crippen LogP contribution is -2.31. The molecule has 0 N–H and O–H groups in total. The molecule has 0 saturated carbocycles. The average molecular weight is 362 g/mol. The topological polar surface area (TPSA) is 55.8 Å². The Labute approximate surface area is 151 Å². The molecule has 1 aromatic carbocycles. The van der Waals surface area contributed by atoms with Crippen LogP contribution in [0.1, 0.15) is 31.7 Å². The Morgan fingerprint density at radius 2 is 2.12 bits per heavy atom. The number of carbonyl (C=O) groups is 2. The molecule has 0 radical (unpaired) electrons. The molecule has 6 heteroatoms. The number of esters is 2. The average Bonchev–Trinajstić information content (AvgIpc) is 2.98. The number of likely N-dealkylation sites (N-methyl/N-ethyl adjacent to an activating group) is 1. The highest BCUT2D eigenvalue weighted by Crippen LogP contribution is 2.46. The van der Waals surface area contributed by atoms with Crippen LogP contribution < -0.4 is 0 Å². The zero-order valence-electron chi connectivity index (χ0n) is 14.5. The molecular weight excluding hydrogens is 342 g/mol. The van der Waals surface area contributed by atoms with E-state index in [1.54, 1.807) is 6.07 Å². The van der Waals surface area contributed by atoms with Gasteiger partial charge in [0.15, 0.2) is 0 Å². The van der Waals surface area contributed by atoms with Crippen LogP contribution >= 0.6 is 11.6 Å². The summed E-state index contributed by atoms with van der Waals surface area (Å²) in [6.45, 7) is 4.30. The normalized spacial score (nSPS) is 19.9. The van der Waals surface area contributed by atoms with Crippen LogP contribution in [0, 0.1) is 0 Å². The molecule has 1 unspecified atom stereocenters. The molecule has 0 aromatic heterocycles. The van der Waals surface area contributed by atoms with E-state index in [1.165, 1.54) is 0 Å². The predicted octanol–water partition coefficient (Wildman–Crippen LogP) is 3.41. The van der Waals surface area contributed by atoms with Crippen LogP contribution in [0.3, 0.4) is 0 Å². The van der Waals surface area contributed by atoms with Crippen molar-refractivity contribution < 1.29 is 19.1 Å². The second kappa shape index (κ2) is 6.92. The van der Waals surface area contributed by atoms with Gasteiger partial charge in [-0.2, -0.15) is 0 Å². The van der Waals surface area contributed by atoms with Crippen LogP contribution in [-0.4, -0.2) is 37.1 Å². The van der Waals surface area contributed by atoms with E-state index in [0.29, 0.717) is 28.3 Å². The second-order valence-electron chi connectivity index (χ2n) is 6.09. The van der Waals surface area contributed by atoms with Crippen LogP contribution in [0.15, 0.2) is 46.8 Å². The minimum Gasteiger partial charge on any atom is -0.462 e. The van der Waals surface area contributed by atoms with Gasteiger partial charge in [-0.3, -0.25) is 0 Å². The van der Waals surface area contributed by atoms with Gasteiger partial charge in [0.1, 0.15) is 6.61 Å². The Morgan fingerprint density at radius 1 is 1.40 bits per heavy atom. The summed E-state index contributed by atoms with van der Waals surface area (Å²) in [7, 11) is 1.82. The van der Waals surface area contributed by atoms with Crippen molar-refractivity contribution in [2.45, 2.75) is 26.2 Å². The first-order valence-electron chi connectivity index (χ1n) is 8.23. The third kappa shape index (κ3) is 2.93. The fourth-order valence-corrected chi connectivity index (χ4v) is 3.51. The zero-order chi connectivity index (χ0) is 18.1. The SMILES string of the molecule is CCCOC(=O)C1=C(C)N(C)C2=C(C(=O)OC2)C1c1ccccc1Cl. The number of rotatable bonds is 4.